The van der Waals surface area contributed by atoms with Crippen LogP contribution < -0.4 is 14.8 Å². The molecule has 0 aromatic heterocycles. The summed E-state index contributed by atoms with van der Waals surface area (Å²) in [4.78, 5) is 12.3. The van der Waals surface area contributed by atoms with Gasteiger partial charge < -0.3 is 14.8 Å². The molecular weight excluding hydrogens is 326 g/mol. The lowest BCUT2D eigenvalue weighted by Crippen LogP contribution is -1.98. The van der Waals surface area contributed by atoms with E-state index in [9.17, 15) is 4.79 Å². The summed E-state index contributed by atoms with van der Waals surface area (Å²) in [5.74, 6) is 1.96. The Morgan fingerprint density at radius 2 is 1.62 bits per heavy atom. The Hall–Kier alpha value is -3.53. The molecule has 0 atom stereocenters. The molecule has 0 aliphatic carbocycles. The van der Waals surface area contributed by atoms with Crippen molar-refractivity contribution in [2.75, 3.05) is 12.4 Å². The average Bonchev–Trinajstić information content (AvgIpc) is 2.70. The van der Waals surface area contributed by atoms with E-state index in [2.05, 4.69) is 5.32 Å². The van der Waals surface area contributed by atoms with E-state index in [0.717, 1.165) is 11.4 Å². The van der Waals surface area contributed by atoms with E-state index in [1.54, 1.807) is 37.6 Å². The molecule has 0 heterocycles. The van der Waals surface area contributed by atoms with E-state index in [1.165, 1.54) is 6.08 Å². The Balaban J connectivity index is 1.69. The zero-order chi connectivity index (χ0) is 18.2. The van der Waals surface area contributed by atoms with Crippen LogP contribution in [0.1, 0.15) is 10.4 Å². The molecule has 3 aromatic carbocycles. The van der Waals surface area contributed by atoms with Crippen molar-refractivity contribution in [1.29, 1.82) is 0 Å². The summed E-state index contributed by atoms with van der Waals surface area (Å²) in [6, 6.07) is 24.1. The molecule has 0 bridgehead atoms. The van der Waals surface area contributed by atoms with Gasteiger partial charge in [-0.3, -0.25) is 4.79 Å². The smallest absolute Gasteiger partial charge is 0.187 e. The Labute approximate surface area is 152 Å². The number of carbonyl (C=O) groups is 1. The number of ether oxygens (including phenoxy) is 2. The van der Waals surface area contributed by atoms with Crippen LogP contribution in [0, 0.1) is 0 Å². The second-order valence-corrected chi connectivity index (χ2v) is 5.49. The predicted octanol–water partition coefficient (Wildman–Crippen LogP) is 5.30. The first kappa shape index (κ1) is 17.3. The number of hydrogen-bond acceptors (Lipinski definition) is 4. The number of methoxy groups -OCH3 is 1. The highest BCUT2D eigenvalue weighted by molar-refractivity contribution is 6.04. The zero-order valence-electron chi connectivity index (χ0n) is 14.4. The number of ketones is 1. The van der Waals surface area contributed by atoms with Gasteiger partial charge in [-0.15, -0.1) is 0 Å². The molecule has 0 unspecified atom stereocenters. The largest absolute Gasteiger partial charge is 0.497 e. The molecule has 26 heavy (non-hydrogen) atoms. The van der Waals surface area contributed by atoms with Gasteiger partial charge in [0.15, 0.2) is 11.5 Å². The summed E-state index contributed by atoms with van der Waals surface area (Å²) in [6.45, 7) is 0. The maximum absolute atomic E-state index is 12.3. The normalized spacial score (nSPS) is 10.5. The molecule has 0 saturated heterocycles. The summed E-state index contributed by atoms with van der Waals surface area (Å²) >= 11 is 0. The molecule has 0 fully saturated rings. The van der Waals surface area contributed by atoms with E-state index in [1.807, 2.05) is 54.6 Å². The third-order valence-corrected chi connectivity index (χ3v) is 3.69. The van der Waals surface area contributed by atoms with Gasteiger partial charge in [0.1, 0.15) is 11.5 Å². The van der Waals surface area contributed by atoms with E-state index < -0.39 is 0 Å². The SMILES string of the molecule is COc1cccc(C(=O)/C=C/Nc2ccccc2Oc2ccccc2)c1. The molecule has 4 nitrogen and oxygen atoms in total. The van der Waals surface area contributed by atoms with Gasteiger partial charge in [0, 0.05) is 17.8 Å². The van der Waals surface area contributed by atoms with Crippen LogP contribution in [-0.2, 0) is 0 Å². The molecule has 1 N–H and O–H groups in total. The fraction of sp³-hybridized carbons (Fsp3) is 0.0455. The lowest BCUT2D eigenvalue weighted by Gasteiger charge is -2.10. The molecule has 0 spiro atoms. The van der Waals surface area contributed by atoms with Crippen LogP contribution in [0.5, 0.6) is 17.2 Å². The fourth-order valence-electron chi connectivity index (χ4n) is 2.37. The van der Waals surface area contributed by atoms with Crippen LogP contribution >= 0.6 is 0 Å². The molecule has 0 radical (unpaired) electrons. The second kappa shape index (κ2) is 8.53. The summed E-state index contributed by atoms with van der Waals surface area (Å²) in [7, 11) is 1.57. The molecule has 3 aromatic rings. The predicted molar refractivity (Wildman–Crippen MR) is 103 cm³/mol. The van der Waals surface area contributed by atoms with Crippen molar-refractivity contribution in [3.05, 3.63) is 96.7 Å². The molecule has 3 rings (SSSR count). The van der Waals surface area contributed by atoms with Crippen LogP contribution in [0.2, 0.25) is 0 Å². The first-order valence-corrected chi connectivity index (χ1v) is 8.19. The van der Waals surface area contributed by atoms with Gasteiger partial charge >= 0.3 is 0 Å². The Bertz CT molecular complexity index is 904. The van der Waals surface area contributed by atoms with Crippen molar-refractivity contribution < 1.29 is 14.3 Å². The summed E-state index contributed by atoms with van der Waals surface area (Å²) in [6.07, 6.45) is 3.09. The molecule has 0 amide bonds. The van der Waals surface area contributed by atoms with Crippen molar-refractivity contribution in [1.82, 2.24) is 0 Å². The van der Waals surface area contributed by atoms with Gasteiger partial charge in [-0.05, 0) is 36.4 Å². The number of allylic oxidation sites excluding steroid dienone is 1. The highest BCUT2D eigenvalue weighted by atomic mass is 16.5. The van der Waals surface area contributed by atoms with Crippen LogP contribution in [0.15, 0.2) is 91.1 Å². The quantitative estimate of drug-likeness (QED) is 0.466. The maximum Gasteiger partial charge on any atom is 0.187 e. The van der Waals surface area contributed by atoms with E-state index >= 15 is 0 Å². The highest BCUT2D eigenvalue weighted by Gasteiger charge is 2.05. The lowest BCUT2D eigenvalue weighted by atomic mass is 10.1. The van der Waals surface area contributed by atoms with E-state index in [-0.39, 0.29) is 5.78 Å². The van der Waals surface area contributed by atoms with Crippen molar-refractivity contribution >= 4 is 11.5 Å². The van der Waals surface area contributed by atoms with Crippen molar-refractivity contribution in [3.63, 3.8) is 0 Å². The monoisotopic (exact) mass is 345 g/mol. The first-order chi connectivity index (χ1) is 12.8. The van der Waals surface area contributed by atoms with Crippen molar-refractivity contribution in [2.45, 2.75) is 0 Å². The number of carbonyl (C=O) groups excluding carboxylic acids is 1. The molecule has 0 aliphatic rings. The number of nitrogens with one attached hydrogen (secondary N) is 1. The standard InChI is InChI=1S/C22H19NO3/c1-25-19-11-7-8-17(16-19)21(24)14-15-23-20-12-5-6-13-22(20)26-18-9-3-2-4-10-18/h2-16,23H,1H3/b15-14+. The van der Waals surface area contributed by atoms with Gasteiger partial charge in [-0.1, -0.05) is 42.5 Å². The van der Waals surface area contributed by atoms with Crippen LogP contribution in [-0.4, -0.2) is 12.9 Å². The topological polar surface area (TPSA) is 47.6 Å². The van der Waals surface area contributed by atoms with Crippen LogP contribution in [0.3, 0.4) is 0 Å². The average molecular weight is 345 g/mol. The van der Waals surface area contributed by atoms with E-state index in [4.69, 9.17) is 9.47 Å². The Kier molecular flexibility index (Phi) is 5.68. The fourth-order valence-corrected chi connectivity index (χ4v) is 2.37. The van der Waals surface area contributed by atoms with Crippen LogP contribution in [0.4, 0.5) is 5.69 Å². The second-order valence-electron chi connectivity index (χ2n) is 5.49. The number of para-hydroxylation sites is 3. The molecule has 0 aliphatic heterocycles. The number of anilines is 1. The van der Waals surface area contributed by atoms with Crippen molar-refractivity contribution in [3.8, 4) is 17.2 Å². The minimum absolute atomic E-state index is 0.113. The maximum atomic E-state index is 12.3. The minimum Gasteiger partial charge on any atom is -0.497 e. The van der Waals surface area contributed by atoms with Gasteiger partial charge in [0.05, 0.1) is 12.8 Å². The minimum atomic E-state index is -0.113. The Morgan fingerprint density at radius 1 is 0.885 bits per heavy atom. The number of rotatable bonds is 7. The summed E-state index contributed by atoms with van der Waals surface area (Å²) in [5.41, 5.74) is 1.34. The Morgan fingerprint density at radius 3 is 2.42 bits per heavy atom. The molecule has 4 heteroatoms. The number of hydrogen-bond donors (Lipinski definition) is 1. The van der Waals surface area contributed by atoms with Gasteiger partial charge in [-0.2, -0.15) is 0 Å². The zero-order valence-corrected chi connectivity index (χ0v) is 14.4. The van der Waals surface area contributed by atoms with Gasteiger partial charge in [0.2, 0.25) is 0 Å². The van der Waals surface area contributed by atoms with Gasteiger partial charge in [-0.25, -0.2) is 0 Å². The van der Waals surface area contributed by atoms with Crippen molar-refractivity contribution in [2.24, 2.45) is 0 Å². The summed E-state index contributed by atoms with van der Waals surface area (Å²) in [5, 5.41) is 3.11. The molecule has 130 valence electrons. The number of benzene rings is 3. The third kappa shape index (κ3) is 4.51. The summed E-state index contributed by atoms with van der Waals surface area (Å²) < 4.78 is 11.0. The van der Waals surface area contributed by atoms with Gasteiger partial charge in [0.25, 0.3) is 0 Å². The molecular formula is C22H19NO3. The van der Waals surface area contributed by atoms with Crippen LogP contribution in [0.25, 0.3) is 0 Å². The lowest BCUT2D eigenvalue weighted by molar-refractivity contribution is 0.104. The third-order valence-electron chi connectivity index (χ3n) is 3.69. The highest BCUT2D eigenvalue weighted by Crippen LogP contribution is 2.29. The first-order valence-electron chi connectivity index (χ1n) is 8.19. The van der Waals surface area contributed by atoms with E-state index in [0.29, 0.717) is 17.1 Å². The molecule has 0 saturated carbocycles.